The van der Waals surface area contributed by atoms with Gasteiger partial charge >= 0.3 is 0 Å². The monoisotopic (exact) mass is 326 g/mol. The molecule has 6 heteroatoms. The molecule has 0 saturated carbocycles. The first-order valence-electron chi connectivity index (χ1n) is 7.35. The van der Waals surface area contributed by atoms with Gasteiger partial charge in [-0.2, -0.15) is 0 Å². The number of benzene rings is 1. The van der Waals surface area contributed by atoms with Crippen LogP contribution in [0.5, 0.6) is 0 Å². The van der Waals surface area contributed by atoms with Gasteiger partial charge in [0.2, 0.25) is 0 Å². The zero-order valence-electron chi connectivity index (χ0n) is 14.0. The second-order valence-electron chi connectivity index (χ2n) is 6.18. The smallest absolute Gasteiger partial charge is 0.253 e. The molecule has 0 spiro atoms. The van der Waals surface area contributed by atoms with Crippen molar-refractivity contribution in [1.29, 1.82) is 0 Å². The molecule has 124 valence electrons. The first-order valence-corrected chi connectivity index (χ1v) is 9.25. The summed E-state index contributed by atoms with van der Waals surface area (Å²) in [6, 6.07) is 4.81. The Kier molecular flexibility index (Phi) is 6.14. The maximum atomic E-state index is 12.4. The van der Waals surface area contributed by atoms with Crippen molar-refractivity contribution in [3.63, 3.8) is 0 Å². The molecule has 0 aromatic heterocycles. The van der Waals surface area contributed by atoms with Crippen LogP contribution in [0, 0.1) is 12.8 Å². The van der Waals surface area contributed by atoms with Gasteiger partial charge in [-0.25, -0.2) is 8.42 Å². The minimum absolute atomic E-state index is 0.0415. The zero-order chi connectivity index (χ0) is 17.1. The summed E-state index contributed by atoms with van der Waals surface area (Å²) in [6.45, 7) is 6.35. The highest BCUT2D eigenvalue weighted by atomic mass is 32.2. The number of hydrogen-bond donors (Lipinski definition) is 1. The minimum Gasteiger partial charge on any atom is -0.342 e. The molecule has 0 saturated heterocycles. The first-order chi connectivity index (χ1) is 10.0. The van der Waals surface area contributed by atoms with Crippen LogP contribution in [-0.4, -0.2) is 45.1 Å². The number of sulfone groups is 1. The van der Waals surface area contributed by atoms with Gasteiger partial charge in [0.15, 0.2) is 9.84 Å². The molecule has 1 rings (SSSR count). The van der Waals surface area contributed by atoms with Gasteiger partial charge in [0.25, 0.3) is 5.91 Å². The van der Waals surface area contributed by atoms with Crippen molar-refractivity contribution in [2.75, 3.05) is 19.8 Å². The largest absolute Gasteiger partial charge is 0.342 e. The third-order valence-corrected chi connectivity index (χ3v) is 5.07. The van der Waals surface area contributed by atoms with Gasteiger partial charge in [0, 0.05) is 31.5 Å². The summed E-state index contributed by atoms with van der Waals surface area (Å²) in [5.74, 6) is 0.167. The van der Waals surface area contributed by atoms with Crippen molar-refractivity contribution in [3.05, 3.63) is 29.3 Å². The molecule has 0 fully saturated rings. The summed E-state index contributed by atoms with van der Waals surface area (Å²) in [4.78, 5) is 14.2. The SMILES string of the molecule is Cc1ccc(C(=O)N(C)CCC(N)C(C)C)cc1S(C)(=O)=O. The molecule has 22 heavy (non-hydrogen) atoms. The second-order valence-corrected chi connectivity index (χ2v) is 8.16. The first kappa shape index (κ1) is 18.6. The van der Waals surface area contributed by atoms with E-state index in [0.29, 0.717) is 30.0 Å². The third-order valence-electron chi connectivity index (χ3n) is 3.84. The van der Waals surface area contributed by atoms with Crippen LogP contribution in [0.4, 0.5) is 0 Å². The number of nitrogens with two attached hydrogens (primary N) is 1. The van der Waals surface area contributed by atoms with Crippen LogP contribution in [0.25, 0.3) is 0 Å². The summed E-state index contributed by atoms with van der Waals surface area (Å²) >= 11 is 0. The van der Waals surface area contributed by atoms with E-state index in [4.69, 9.17) is 5.73 Å². The Labute approximate surface area is 133 Å². The predicted molar refractivity (Wildman–Crippen MR) is 88.7 cm³/mol. The molecular weight excluding hydrogens is 300 g/mol. The average Bonchev–Trinajstić information content (AvgIpc) is 2.42. The molecule has 1 atom stereocenters. The number of nitrogens with zero attached hydrogens (tertiary/aromatic N) is 1. The van der Waals surface area contributed by atoms with E-state index in [1.165, 1.54) is 6.07 Å². The Morgan fingerprint density at radius 1 is 1.32 bits per heavy atom. The van der Waals surface area contributed by atoms with Crippen molar-refractivity contribution in [2.45, 2.75) is 38.1 Å². The Bertz CT molecular complexity index is 639. The van der Waals surface area contributed by atoms with Crippen LogP contribution >= 0.6 is 0 Å². The van der Waals surface area contributed by atoms with E-state index in [-0.39, 0.29) is 16.8 Å². The van der Waals surface area contributed by atoms with E-state index in [1.807, 2.05) is 13.8 Å². The zero-order valence-corrected chi connectivity index (χ0v) is 14.8. The van der Waals surface area contributed by atoms with Crippen molar-refractivity contribution in [2.24, 2.45) is 11.7 Å². The van der Waals surface area contributed by atoms with Crippen LogP contribution in [0.15, 0.2) is 23.1 Å². The van der Waals surface area contributed by atoms with E-state index >= 15 is 0 Å². The topological polar surface area (TPSA) is 80.5 Å². The summed E-state index contributed by atoms with van der Waals surface area (Å²) < 4.78 is 23.5. The van der Waals surface area contributed by atoms with Crippen molar-refractivity contribution in [1.82, 2.24) is 4.90 Å². The molecule has 0 aliphatic rings. The summed E-state index contributed by atoms with van der Waals surface area (Å²) in [5, 5.41) is 0. The number of aryl methyl sites for hydroxylation is 1. The standard InChI is InChI=1S/C16H26N2O3S/c1-11(2)14(17)8-9-18(4)16(19)13-7-6-12(3)15(10-13)22(5,20)21/h6-7,10-11,14H,8-9,17H2,1-5H3. The average molecular weight is 326 g/mol. The van der Waals surface area contributed by atoms with Crippen molar-refractivity contribution >= 4 is 15.7 Å². The van der Waals surface area contributed by atoms with E-state index < -0.39 is 9.84 Å². The van der Waals surface area contributed by atoms with E-state index in [2.05, 4.69) is 0 Å². The molecule has 0 heterocycles. The number of amides is 1. The lowest BCUT2D eigenvalue weighted by molar-refractivity contribution is 0.0789. The number of rotatable bonds is 6. The molecule has 1 aromatic carbocycles. The predicted octanol–water partition coefficient (Wildman–Crippen LogP) is 1.84. The van der Waals surface area contributed by atoms with Gasteiger partial charge in [0.05, 0.1) is 4.90 Å². The van der Waals surface area contributed by atoms with Crippen molar-refractivity contribution in [3.8, 4) is 0 Å². The third kappa shape index (κ3) is 4.81. The van der Waals surface area contributed by atoms with Gasteiger partial charge in [-0.15, -0.1) is 0 Å². The Hall–Kier alpha value is -1.40. The van der Waals surface area contributed by atoms with Crippen LogP contribution < -0.4 is 5.73 Å². The summed E-state index contributed by atoms with van der Waals surface area (Å²) in [7, 11) is -1.64. The molecule has 5 nitrogen and oxygen atoms in total. The van der Waals surface area contributed by atoms with Gasteiger partial charge in [0.1, 0.15) is 0 Å². The van der Waals surface area contributed by atoms with Crippen LogP contribution in [0.1, 0.15) is 36.2 Å². The molecule has 1 unspecified atom stereocenters. The Balaban J connectivity index is 2.90. The highest BCUT2D eigenvalue weighted by Gasteiger charge is 2.18. The Morgan fingerprint density at radius 3 is 2.41 bits per heavy atom. The molecule has 0 radical (unpaired) electrons. The number of carbonyl (C=O) groups is 1. The second kappa shape index (κ2) is 7.24. The highest BCUT2D eigenvalue weighted by Crippen LogP contribution is 2.18. The number of hydrogen-bond acceptors (Lipinski definition) is 4. The lowest BCUT2D eigenvalue weighted by atomic mass is 10.0. The van der Waals surface area contributed by atoms with Gasteiger partial charge in [-0.3, -0.25) is 4.79 Å². The molecule has 0 aliphatic carbocycles. The van der Waals surface area contributed by atoms with E-state index in [9.17, 15) is 13.2 Å². The van der Waals surface area contributed by atoms with Crippen molar-refractivity contribution < 1.29 is 13.2 Å². The fourth-order valence-electron chi connectivity index (χ4n) is 2.13. The van der Waals surface area contributed by atoms with E-state index in [1.54, 1.807) is 31.0 Å². The quantitative estimate of drug-likeness (QED) is 0.865. The van der Waals surface area contributed by atoms with Crippen LogP contribution in [0.3, 0.4) is 0 Å². The summed E-state index contributed by atoms with van der Waals surface area (Å²) in [6.07, 6.45) is 1.86. The van der Waals surface area contributed by atoms with Gasteiger partial charge < -0.3 is 10.6 Å². The molecule has 1 amide bonds. The molecule has 2 N–H and O–H groups in total. The maximum Gasteiger partial charge on any atom is 0.253 e. The molecular formula is C16H26N2O3S. The minimum atomic E-state index is -3.34. The lowest BCUT2D eigenvalue weighted by Crippen LogP contribution is -2.34. The maximum absolute atomic E-state index is 12.4. The number of carbonyl (C=O) groups excluding carboxylic acids is 1. The normalized spacial score (nSPS) is 13.2. The van der Waals surface area contributed by atoms with Gasteiger partial charge in [-0.05, 0) is 37.0 Å². The van der Waals surface area contributed by atoms with Crippen LogP contribution in [0.2, 0.25) is 0 Å². The Morgan fingerprint density at radius 2 is 1.91 bits per heavy atom. The fourth-order valence-corrected chi connectivity index (χ4v) is 3.12. The van der Waals surface area contributed by atoms with Crippen LogP contribution in [-0.2, 0) is 9.84 Å². The highest BCUT2D eigenvalue weighted by molar-refractivity contribution is 7.90. The molecule has 1 aromatic rings. The van der Waals surface area contributed by atoms with E-state index in [0.717, 1.165) is 6.26 Å². The summed E-state index contributed by atoms with van der Waals surface area (Å²) in [5.41, 5.74) is 7.01. The molecule has 0 bridgehead atoms. The lowest BCUT2D eigenvalue weighted by Gasteiger charge is -2.22. The molecule has 0 aliphatic heterocycles. The van der Waals surface area contributed by atoms with Gasteiger partial charge in [-0.1, -0.05) is 19.9 Å². The fraction of sp³-hybridized carbons (Fsp3) is 0.562.